The third kappa shape index (κ3) is 5.94. The van der Waals surface area contributed by atoms with E-state index in [0.717, 1.165) is 23.3 Å². The first-order valence-corrected chi connectivity index (χ1v) is 8.44. The second-order valence-electron chi connectivity index (χ2n) is 5.31. The predicted molar refractivity (Wildman–Crippen MR) is 112 cm³/mol. The van der Waals surface area contributed by atoms with E-state index in [9.17, 15) is 0 Å². The third-order valence-corrected chi connectivity index (χ3v) is 4.46. The summed E-state index contributed by atoms with van der Waals surface area (Å²) in [6.45, 7) is 5.68. The number of aromatic nitrogens is 1. The number of ether oxygens (including phenoxy) is 1. The normalized spacial score (nSPS) is 12.2. The highest BCUT2D eigenvalue weighted by atomic mass is 127. The molecule has 0 amide bonds. The summed E-state index contributed by atoms with van der Waals surface area (Å²) >= 11 is 1.69. The van der Waals surface area contributed by atoms with Crippen molar-refractivity contribution in [1.82, 2.24) is 15.6 Å². The van der Waals surface area contributed by atoms with Crippen LogP contribution < -0.4 is 15.4 Å². The van der Waals surface area contributed by atoms with Crippen LogP contribution in [-0.4, -0.2) is 31.6 Å². The Morgan fingerprint density at radius 3 is 2.71 bits per heavy atom. The molecule has 24 heavy (non-hydrogen) atoms. The fourth-order valence-electron chi connectivity index (χ4n) is 2.30. The summed E-state index contributed by atoms with van der Waals surface area (Å²) in [5.41, 5.74) is 1.19. The molecule has 0 bridgehead atoms. The molecule has 0 radical (unpaired) electrons. The minimum Gasteiger partial charge on any atom is -0.496 e. The van der Waals surface area contributed by atoms with Crippen molar-refractivity contribution in [3.63, 3.8) is 0 Å². The van der Waals surface area contributed by atoms with Gasteiger partial charge in [-0.25, -0.2) is 4.98 Å². The highest BCUT2D eigenvalue weighted by Crippen LogP contribution is 2.25. The van der Waals surface area contributed by atoms with Crippen LogP contribution in [0.3, 0.4) is 0 Å². The highest BCUT2D eigenvalue weighted by Gasteiger charge is 2.11. The fourth-order valence-corrected chi connectivity index (χ4v) is 3.02. The lowest BCUT2D eigenvalue weighted by Gasteiger charge is -2.18. The maximum absolute atomic E-state index is 5.43. The summed E-state index contributed by atoms with van der Waals surface area (Å²) in [5.74, 6) is 2.01. The largest absolute Gasteiger partial charge is 0.496 e. The van der Waals surface area contributed by atoms with Crippen LogP contribution in [0, 0.1) is 6.92 Å². The third-order valence-electron chi connectivity index (χ3n) is 3.55. The molecule has 0 saturated carbocycles. The first-order valence-electron chi connectivity index (χ1n) is 7.62. The van der Waals surface area contributed by atoms with Crippen LogP contribution in [0.4, 0.5) is 0 Å². The molecule has 2 rings (SSSR count). The Balaban J connectivity index is 0.00000288. The van der Waals surface area contributed by atoms with E-state index < -0.39 is 0 Å². The van der Waals surface area contributed by atoms with Crippen molar-refractivity contribution in [3.05, 3.63) is 45.9 Å². The molecule has 0 aliphatic carbocycles. The number of thiazole rings is 1. The van der Waals surface area contributed by atoms with Gasteiger partial charge in [0.05, 0.1) is 13.7 Å². The van der Waals surface area contributed by atoms with E-state index in [2.05, 4.69) is 40.5 Å². The first-order chi connectivity index (χ1) is 11.1. The fraction of sp³-hybridized carbons (Fsp3) is 0.412. The molecular formula is C17H25IN4OS. The van der Waals surface area contributed by atoms with E-state index in [1.165, 1.54) is 10.4 Å². The second kappa shape index (κ2) is 10.5. The maximum Gasteiger partial charge on any atom is 0.191 e. The number of rotatable bonds is 6. The molecular weight excluding hydrogens is 435 g/mol. The standard InChI is InChI=1S/C17H24N4OS.HI/c1-12(14-7-5-6-8-15(14)22-4)9-20-17(18-3)21-11-16-19-10-13(2)23-16;/h5-8,10,12H,9,11H2,1-4H3,(H2,18,20,21);1H. The lowest BCUT2D eigenvalue weighted by Crippen LogP contribution is -2.38. The predicted octanol–water partition coefficient (Wildman–Crippen LogP) is 3.55. The molecule has 0 saturated heterocycles. The van der Waals surface area contributed by atoms with Gasteiger partial charge in [-0.15, -0.1) is 35.3 Å². The van der Waals surface area contributed by atoms with Crippen LogP contribution in [0.2, 0.25) is 0 Å². The van der Waals surface area contributed by atoms with E-state index >= 15 is 0 Å². The number of para-hydroxylation sites is 1. The van der Waals surface area contributed by atoms with Gasteiger partial charge in [0.2, 0.25) is 0 Å². The van der Waals surface area contributed by atoms with Crippen LogP contribution in [0.1, 0.15) is 28.3 Å². The molecule has 0 spiro atoms. The number of halogens is 1. The summed E-state index contributed by atoms with van der Waals surface area (Å²) in [5, 5.41) is 7.70. The Kier molecular flexibility index (Phi) is 9.05. The smallest absolute Gasteiger partial charge is 0.191 e. The van der Waals surface area contributed by atoms with Gasteiger partial charge in [-0.2, -0.15) is 0 Å². The van der Waals surface area contributed by atoms with Crippen LogP contribution in [0.5, 0.6) is 5.75 Å². The molecule has 0 fully saturated rings. The minimum absolute atomic E-state index is 0. The molecule has 0 aliphatic heterocycles. The number of hydrogen-bond acceptors (Lipinski definition) is 4. The van der Waals surface area contributed by atoms with Gasteiger partial charge in [-0.3, -0.25) is 4.99 Å². The highest BCUT2D eigenvalue weighted by molar-refractivity contribution is 14.0. The van der Waals surface area contributed by atoms with Crippen molar-refractivity contribution in [2.24, 2.45) is 4.99 Å². The Labute approximate surface area is 165 Å². The number of guanidine groups is 1. The zero-order valence-corrected chi connectivity index (χ0v) is 17.6. The number of aryl methyl sites for hydroxylation is 1. The number of nitrogens with one attached hydrogen (secondary N) is 2. The summed E-state index contributed by atoms with van der Waals surface area (Å²) < 4.78 is 5.43. The SMILES string of the molecule is CN=C(NCc1ncc(C)s1)NCC(C)c1ccccc1OC.I. The van der Waals surface area contributed by atoms with Crippen molar-refractivity contribution in [2.75, 3.05) is 20.7 Å². The Bertz CT molecular complexity index is 660. The number of hydrogen-bond donors (Lipinski definition) is 2. The number of methoxy groups -OCH3 is 1. The van der Waals surface area contributed by atoms with Crippen molar-refractivity contribution in [3.8, 4) is 5.75 Å². The van der Waals surface area contributed by atoms with Crippen molar-refractivity contribution >= 4 is 41.3 Å². The van der Waals surface area contributed by atoms with E-state index in [1.807, 2.05) is 24.4 Å². The summed E-state index contributed by atoms with van der Waals surface area (Å²) in [4.78, 5) is 9.82. The number of benzene rings is 1. The Morgan fingerprint density at radius 1 is 1.33 bits per heavy atom. The van der Waals surface area contributed by atoms with Gasteiger partial charge in [0.15, 0.2) is 5.96 Å². The molecule has 1 heterocycles. The zero-order valence-electron chi connectivity index (χ0n) is 14.5. The van der Waals surface area contributed by atoms with E-state index in [1.54, 1.807) is 25.5 Å². The van der Waals surface area contributed by atoms with Crippen LogP contribution in [0.15, 0.2) is 35.5 Å². The van der Waals surface area contributed by atoms with E-state index in [0.29, 0.717) is 12.5 Å². The van der Waals surface area contributed by atoms with Crippen LogP contribution in [0.25, 0.3) is 0 Å². The molecule has 7 heteroatoms. The second-order valence-corrected chi connectivity index (χ2v) is 6.63. The van der Waals surface area contributed by atoms with Crippen molar-refractivity contribution < 1.29 is 4.74 Å². The van der Waals surface area contributed by atoms with Gasteiger partial charge in [0.1, 0.15) is 10.8 Å². The summed E-state index contributed by atoms with van der Waals surface area (Å²) in [6.07, 6.45) is 1.89. The van der Waals surface area contributed by atoms with Crippen molar-refractivity contribution in [1.29, 1.82) is 0 Å². The average molecular weight is 460 g/mol. The Hall–Kier alpha value is -1.35. The van der Waals surface area contributed by atoms with Crippen LogP contribution >= 0.6 is 35.3 Å². The van der Waals surface area contributed by atoms with Gasteiger partial charge >= 0.3 is 0 Å². The molecule has 2 N–H and O–H groups in total. The molecule has 2 aromatic rings. The van der Waals surface area contributed by atoms with Gasteiger partial charge in [-0.1, -0.05) is 25.1 Å². The first kappa shape index (κ1) is 20.7. The Morgan fingerprint density at radius 2 is 2.08 bits per heavy atom. The molecule has 5 nitrogen and oxygen atoms in total. The zero-order chi connectivity index (χ0) is 16.7. The quantitative estimate of drug-likeness (QED) is 0.394. The molecule has 1 unspecified atom stereocenters. The van der Waals surface area contributed by atoms with Gasteiger partial charge < -0.3 is 15.4 Å². The van der Waals surface area contributed by atoms with Crippen LogP contribution in [-0.2, 0) is 6.54 Å². The van der Waals surface area contributed by atoms with Gasteiger partial charge in [-0.05, 0) is 18.6 Å². The maximum atomic E-state index is 5.43. The van der Waals surface area contributed by atoms with Gasteiger partial charge in [0.25, 0.3) is 0 Å². The summed E-state index contributed by atoms with van der Waals surface area (Å²) in [7, 11) is 3.48. The summed E-state index contributed by atoms with van der Waals surface area (Å²) in [6, 6.07) is 8.11. The van der Waals surface area contributed by atoms with E-state index in [4.69, 9.17) is 4.74 Å². The lowest BCUT2D eigenvalue weighted by molar-refractivity contribution is 0.406. The molecule has 132 valence electrons. The average Bonchev–Trinajstić information content (AvgIpc) is 3.00. The lowest BCUT2D eigenvalue weighted by atomic mass is 10.0. The topological polar surface area (TPSA) is 58.5 Å². The molecule has 1 aromatic heterocycles. The molecule has 1 atom stereocenters. The number of nitrogens with zero attached hydrogens (tertiary/aromatic N) is 2. The van der Waals surface area contributed by atoms with Gasteiger partial charge in [0, 0.05) is 30.6 Å². The number of aliphatic imine (C=N–C) groups is 1. The monoisotopic (exact) mass is 460 g/mol. The molecule has 1 aromatic carbocycles. The van der Waals surface area contributed by atoms with E-state index in [-0.39, 0.29) is 24.0 Å². The van der Waals surface area contributed by atoms with Crippen molar-refractivity contribution in [2.45, 2.75) is 26.3 Å². The minimum atomic E-state index is 0. The molecule has 0 aliphatic rings.